The average Bonchev–Trinajstić information content (AvgIpc) is 2.55. The van der Waals surface area contributed by atoms with Crippen LogP contribution in [0.4, 0.5) is 5.69 Å². The van der Waals surface area contributed by atoms with E-state index < -0.39 is 5.97 Å². The summed E-state index contributed by atoms with van der Waals surface area (Å²) >= 11 is 0. The predicted molar refractivity (Wildman–Crippen MR) is 83.0 cm³/mol. The second-order valence-electron chi connectivity index (χ2n) is 4.53. The lowest BCUT2D eigenvalue weighted by Gasteiger charge is -2.08. The first-order valence-corrected chi connectivity index (χ1v) is 6.85. The molecule has 0 atom stereocenters. The van der Waals surface area contributed by atoms with E-state index in [9.17, 15) is 9.59 Å². The molecule has 5 nitrogen and oxygen atoms in total. The molecule has 0 spiro atoms. The standard InChI is InChI=1S/C17H17NO4/c1-21-17(20)13-6-5-7-14(12-13)18-16(19)10-11-22-15-8-3-2-4-9-15/h2-9,12H,10-11H2,1H3,(H,18,19). The summed E-state index contributed by atoms with van der Waals surface area (Å²) in [4.78, 5) is 23.3. The third kappa shape index (κ3) is 4.63. The van der Waals surface area contributed by atoms with Crippen LogP contribution in [0.1, 0.15) is 16.8 Å². The van der Waals surface area contributed by atoms with Crippen molar-refractivity contribution < 1.29 is 19.1 Å². The summed E-state index contributed by atoms with van der Waals surface area (Å²) < 4.78 is 10.1. The van der Waals surface area contributed by atoms with Crippen molar-refractivity contribution in [1.29, 1.82) is 0 Å². The van der Waals surface area contributed by atoms with Crippen LogP contribution in [-0.2, 0) is 9.53 Å². The first-order chi connectivity index (χ1) is 10.7. The van der Waals surface area contributed by atoms with E-state index in [0.29, 0.717) is 11.3 Å². The molecule has 0 saturated heterocycles. The number of amides is 1. The maximum absolute atomic E-state index is 11.8. The van der Waals surface area contributed by atoms with Crippen LogP contribution in [0.2, 0.25) is 0 Å². The van der Waals surface area contributed by atoms with Gasteiger partial charge in [0.15, 0.2) is 0 Å². The number of hydrogen-bond acceptors (Lipinski definition) is 4. The molecule has 1 N–H and O–H groups in total. The zero-order valence-electron chi connectivity index (χ0n) is 12.2. The number of benzene rings is 2. The van der Waals surface area contributed by atoms with Crippen molar-refractivity contribution >= 4 is 17.6 Å². The summed E-state index contributed by atoms with van der Waals surface area (Å²) in [6.45, 7) is 0.284. The van der Waals surface area contributed by atoms with Crippen molar-refractivity contribution in [3.05, 3.63) is 60.2 Å². The lowest BCUT2D eigenvalue weighted by atomic mass is 10.2. The number of anilines is 1. The Hall–Kier alpha value is -2.82. The minimum absolute atomic E-state index is 0.182. The zero-order valence-corrected chi connectivity index (χ0v) is 12.2. The monoisotopic (exact) mass is 299 g/mol. The average molecular weight is 299 g/mol. The van der Waals surface area contributed by atoms with Gasteiger partial charge in [-0.1, -0.05) is 24.3 Å². The summed E-state index contributed by atoms with van der Waals surface area (Å²) in [5.41, 5.74) is 0.938. The highest BCUT2D eigenvalue weighted by atomic mass is 16.5. The Kier molecular flexibility index (Phi) is 5.54. The number of carbonyl (C=O) groups excluding carboxylic acids is 2. The topological polar surface area (TPSA) is 64.6 Å². The van der Waals surface area contributed by atoms with E-state index in [1.165, 1.54) is 7.11 Å². The normalized spacial score (nSPS) is 9.86. The van der Waals surface area contributed by atoms with Crippen LogP contribution in [0, 0.1) is 0 Å². The van der Waals surface area contributed by atoms with Crippen LogP contribution in [0.25, 0.3) is 0 Å². The van der Waals surface area contributed by atoms with E-state index >= 15 is 0 Å². The summed E-state index contributed by atoms with van der Waals surface area (Å²) in [5.74, 6) is 0.101. The minimum atomic E-state index is -0.441. The molecule has 0 aliphatic heterocycles. The number of methoxy groups -OCH3 is 1. The van der Waals surface area contributed by atoms with Gasteiger partial charge in [0, 0.05) is 5.69 Å². The molecule has 0 bridgehead atoms. The van der Waals surface area contributed by atoms with Crippen molar-refractivity contribution in [3.63, 3.8) is 0 Å². The van der Waals surface area contributed by atoms with Gasteiger partial charge in [0.2, 0.25) is 5.91 Å². The zero-order chi connectivity index (χ0) is 15.8. The molecule has 0 saturated carbocycles. The van der Waals surface area contributed by atoms with Crippen LogP contribution in [0.15, 0.2) is 54.6 Å². The molecular formula is C17H17NO4. The van der Waals surface area contributed by atoms with E-state index in [2.05, 4.69) is 10.1 Å². The summed E-state index contributed by atoms with van der Waals surface area (Å²) in [5, 5.41) is 2.72. The van der Waals surface area contributed by atoms with Crippen molar-refractivity contribution in [2.24, 2.45) is 0 Å². The molecule has 22 heavy (non-hydrogen) atoms. The van der Waals surface area contributed by atoms with Crippen LogP contribution in [0.3, 0.4) is 0 Å². The molecular weight excluding hydrogens is 282 g/mol. The van der Waals surface area contributed by atoms with Crippen LogP contribution in [-0.4, -0.2) is 25.6 Å². The molecule has 1 amide bonds. The third-order valence-electron chi connectivity index (χ3n) is 2.91. The number of rotatable bonds is 6. The Bertz CT molecular complexity index is 640. The van der Waals surface area contributed by atoms with Gasteiger partial charge in [-0.3, -0.25) is 4.79 Å². The van der Waals surface area contributed by atoms with E-state index in [-0.39, 0.29) is 18.9 Å². The number of para-hydroxylation sites is 1. The SMILES string of the molecule is COC(=O)c1cccc(NC(=O)CCOc2ccccc2)c1. The molecule has 0 unspecified atom stereocenters. The fourth-order valence-corrected chi connectivity index (χ4v) is 1.84. The first kappa shape index (κ1) is 15.6. The Morgan fingerprint density at radius 1 is 1.05 bits per heavy atom. The van der Waals surface area contributed by atoms with Gasteiger partial charge in [0.05, 0.1) is 25.7 Å². The van der Waals surface area contributed by atoms with Gasteiger partial charge in [-0.15, -0.1) is 0 Å². The fraction of sp³-hybridized carbons (Fsp3) is 0.176. The second kappa shape index (κ2) is 7.83. The van der Waals surface area contributed by atoms with Gasteiger partial charge in [-0.2, -0.15) is 0 Å². The molecule has 0 aliphatic carbocycles. The van der Waals surface area contributed by atoms with Crippen molar-refractivity contribution in [1.82, 2.24) is 0 Å². The molecule has 2 aromatic rings. The maximum atomic E-state index is 11.8. The highest BCUT2D eigenvalue weighted by molar-refractivity contribution is 5.94. The van der Waals surface area contributed by atoms with Crippen molar-refractivity contribution in [2.45, 2.75) is 6.42 Å². The Morgan fingerprint density at radius 2 is 1.82 bits per heavy atom. The van der Waals surface area contributed by atoms with E-state index in [4.69, 9.17) is 4.74 Å². The van der Waals surface area contributed by atoms with Crippen LogP contribution >= 0.6 is 0 Å². The van der Waals surface area contributed by atoms with Crippen molar-refractivity contribution in [2.75, 3.05) is 19.0 Å². The van der Waals surface area contributed by atoms with Gasteiger partial charge in [0.25, 0.3) is 0 Å². The number of carbonyl (C=O) groups is 2. The van der Waals surface area contributed by atoms with Gasteiger partial charge in [-0.25, -0.2) is 4.79 Å². The summed E-state index contributed by atoms with van der Waals surface area (Å²) in [7, 11) is 1.31. The lowest BCUT2D eigenvalue weighted by Crippen LogP contribution is -2.15. The largest absolute Gasteiger partial charge is 0.493 e. The Morgan fingerprint density at radius 3 is 2.55 bits per heavy atom. The third-order valence-corrected chi connectivity index (χ3v) is 2.91. The Labute approximate surface area is 128 Å². The van der Waals surface area contributed by atoms with E-state index in [0.717, 1.165) is 5.75 Å². The minimum Gasteiger partial charge on any atom is -0.493 e. The van der Waals surface area contributed by atoms with Gasteiger partial charge < -0.3 is 14.8 Å². The number of nitrogens with one attached hydrogen (secondary N) is 1. The smallest absolute Gasteiger partial charge is 0.337 e. The number of esters is 1. The van der Waals surface area contributed by atoms with Gasteiger partial charge in [0.1, 0.15) is 5.75 Å². The molecule has 0 heterocycles. The molecule has 2 aromatic carbocycles. The first-order valence-electron chi connectivity index (χ1n) is 6.85. The fourth-order valence-electron chi connectivity index (χ4n) is 1.84. The molecule has 0 aromatic heterocycles. The molecule has 0 aliphatic rings. The highest BCUT2D eigenvalue weighted by Gasteiger charge is 2.08. The molecule has 114 valence electrons. The van der Waals surface area contributed by atoms with Gasteiger partial charge >= 0.3 is 5.97 Å². The molecule has 5 heteroatoms. The highest BCUT2D eigenvalue weighted by Crippen LogP contribution is 2.12. The number of ether oxygens (including phenoxy) is 2. The molecule has 0 fully saturated rings. The molecule has 2 rings (SSSR count). The summed E-state index contributed by atoms with van der Waals surface area (Å²) in [6.07, 6.45) is 0.220. The van der Waals surface area contributed by atoms with Crippen molar-refractivity contribution in [3.8, 4) is 5.75 Å². The lowest BCUT2D eigenvalue weighted by molar-refractivity contribution is -0.116. The van der Waals surface area contributed by atoms with Crippen LogP contribution < -0.4 is 10.1 Å². The second-order valence-corrected chi connectivity index (χ2v) is 4.53. The summed E-state index contributed by atoms with van der Waals surface area (Å²) in [6, 6.07) is 15.9. The predicted octanol–water partition coefficient (Wildman–Crippen LogP) is 2.88. The van der Waals surface area contributed by atoms with Crippen LogP contribution in [0.5, 0.6) is 5.75 Å². The quantitative estimate of drug-likeness (QED) is 0.833. The molecule has 0 radical (unpaired) electrons. The van der Waals surface area contributed by atoms with Gasteiger partial charge in [-0.05, 0) is 30.3 Å². The van der Waals surface area contributed by atoms with E-state index in [1.54, 1.807) is 24.3 Å². The maximum Gasteiger partial charge on any atom is 0.337 e. The Balaban J connectivity index is 1.83. The van der Waals surface area contributed by atoms with E-state index in [1.807, 2.05) is 30.3 Å². The number of hydrogen-bond donors (Lipinski definition) is 1.